The Labute approximate surface area is 220 Å². The van der Waals surface area contributed by atoms with Crippen molar-refractivity contribution in [2.45, 2.75) is 37.8 Å². The molecule has 1 amide bonds. The number of halogens is 2. The third kappa shape index (κ3) is 4.96. The molecule has 0 unspecified atom stereocenters. The van der Waals surface area contributed by atoms with Crippen LogP contribution in [0.1, 0.15) is 34.4 Å². The number of benzene rings is 2. The highest BCUT2D eigenvalue weighted by Gasteiger charge is 2.23. The SMILES string of the molecule is Cc1ccc(-n2c(SCC(=O)N/N=C\c3c(F)cccc3Cl)nc3sc4c(c3c2=O)CCCC4)cc1. The van der Waals surface area contributed by atoms with E-state index in [0.717, 1.165) is 48.6 Å². The van der Waals surface area contributed by atoms with Gasteiger partial charge in [0.15, 0.2) is 5.16 Å². The van der Waals surface area contributed by atoms with Gasteiger partial charge in [-0.2, -0.15) is 5.10 Å². The zero-order valence-corrected chi connectivity index (χ0v) is 21.8. The van der Waals surface area contributed by atoms with E-state index >= 15 is 0 Å². The Hall–Kier alpha value is -3.01. The first-order valence-corrected chi connectivity index (χ1v) is 13.6. The van der Waals surface area contributed by atoms with Gasteiger partial charge < -0.3 is 0 Å². The van der Waals surface area contributed by atoms with Gasteiger partial charge in [0, 0.05) is 10.4 Å². The molecule has 1 aliphatic carbocycles. The Bertz CT molecular complexity index is 1530. The Morgan fingerprint density at radius 1 is 1.25 bits per heavy atom. The van der Waals surface area contributed by atoms with E-state index in [0.29, 0.717) is 21.1 Å². The van der Waals surface area contributed by atoms with E-state index < -0.39 is 11.7 Å². The number of carbonyl (C=O) groups is 1. The summed E-state index contributed by atoms with van der Waals surface area (Å²) in [5.74, 6) is -0.982. The lowest BCUT2D eigenvalue weighted by atomic mass is 9.97. The molecule has 184 valence electrons. The van der Waals surface area contributed by atoms with E-state index in [4.69, 9.17) is 16.6 Å². The number of carbonyl (C=O) groups excluding carboxylic acids is 1. The molecule has 0 fully saturated rings. The molecule has 0 spiro atoms. The van der Waals surface area contributed by atoms with Crippen LogP contribution in [-0.2, 0) is 17.6 Å². The first-order valence-electron chi connectivity index (χ1n) is 11.5. The highest BCUT2D eigenvalue weighted by Crippen LogP contribution is 2.35. The number of amides is 1. The summed E-state index contributed by atoms with van der Waals surface area (Å²) in [7, 11) is 0. The molecule has 4 aromatic rings. The highest BCUT2D eigenvalue weighted by molar-refractivity contribution is 7.99. The zero-order chi connectivity index (χ0) is 25.2. The number of rotatable bonds is 6. The van der Waals surface area contributed by atoms with Crippen LogP contribution in [0.4, 0.5) is 4.39 Å². The Morgan fingerprint density at radius 3 is 2.81 bits per heavy atom. The molecule has 1 aliphatic rings. The maximum atomic E-state index is 13.9. The van der Waals surface area contributed by atoms with Crippen LogP contribution in [0.2, 0.25) is 5.02 Å². The standard InChI is InChI=1S/C26H22ClFN4O2S2/c1-15-9-11-16(12-10-15)32-25(34)23-17-5-2-3-8-21(17)36-24(23)30-26(32)35-14-22(33)31-29-13-18-19(27)6-4-7-20(18)28/h4,6-7,9-13H,2-3,5,8,14H2,1H3,(H,31,33)/b29-13-. The molecule has 0 bridgehead atoms. The molecule has 6 nitrogen and oxygen atoms in total. The third-order valence-electron chi connectivity index (χ3n) is 5.97. The van der Waals surface area contributed by atoms with Crippen LogP contribution in [0.3, 0.4) is 0 Å². The quantitative estimate of drug-likeness (QED) is 0.148. The van der Waals surface area contributed by atoms with Gasteiger partial charge in [0.1, 0.15) is 10.6 Å². The second kappa shape index (κ2) is 10.5. The summed E-state index contributed by atoms with van der Waals surface area (Å²) >= 11 is 8.71. The molecule has 0 atom stereocenters. The largest absolute Gasteiger partial charge is 0.272 e. The van der Waals surface area contributed by atoms with E-state index in [2.05, 4.69) is 10.5 Å². The van der Waals surface area contributed by atoms with E-state index in [9.17, 15) is 14.0 Å². The molecule has 0 saturated carbocycles. The molecule has 0 aliphatic heterocycles. The van der Waals surface area contributed by atoms with Crippen LogP contribution in [-0.4, -0.2) is 27.4 Å². The molecule has 2 heterocycles. The number of hydrogen-bond donors (Lipinski definition) is 1. The van der Waals surface area contributed by atoms with E-state index in [1.54, 1.807) is 15.9 Å². The van der Waals surface area contributed by atoms with Gasteiger partial charge in [0.2, 0.25) is 0 Å². The van der Waals surface area contributed by atoms with Gasteiger partial charge in [0.25, 0.3) is 11.5 Å². The fraction of sp³-hybridized carbons (Fsp3) is 0.231. The molecule has 5 rings (SSSR count). The minimum atomic E-state index is -0.534. The molecule has 0 radical (unpaired) electrons. The number of aryl methyl sites for hydroxylation is 3. The third-order valence-corrected chi connectivity index (χ3v) is 8.42. The van der Waals surface area contributed by atoms with Gasteiger partial charge in [-0.25, -0.2) is 14.8 Å². The van der Waals surface area contributed by atoms with Crippen LogP contribution in [0.5, 0.6) is 0 Å². The van der Waals surface area contributed by atoms with Crippen molar-refractivity contribution in [2.75, 3.05) is 5.75 Å². The lowest BCUT2D eigenvalue weighted by molar-refractivity contribution is -0.118. The Balaban J connectivity index is 1.43. The minimum Gasteiger partial charge on any atom is -0.272 e. The minimum absolute atomic E-state index is 0.0305. The number of fused-ring (bicyclic) bond motifs is 3. The molecule has 0 saturated heterocycles. The topological polar surface area (TPSA) is 76.3 Å². The summed E-state index contributed by atoms with van der Waals surface area (Å²) in [6, 6.07) is 12.0. The van der Waals surface area contributed by atoms with Crippen LogP contribution in [0, 0.1) is 12.7 Å². The van der Waals surface area contributed by atoms with E-state index in [-0.39, 0.29) is 21.9 Å². The molecule has 36 heavy (non-hydrogen) atoms. The Kier molecular flexibility index (Phi) is 7.22. The van der Waals surface area contributed by atoms with Crippen LogP contribution in [0.25, 0.3) is 15.9 Å². The number of aromatic nitrogens is 2. The predicted molar refractivity (Wildman–Crippen MR) is 144 cm³/mol. The van der Waals surface area contributed by atoms with Crippen molar-refractivity contribution in [3.63, 3.8) is 0 Å². The first kappa shape index (κ1) is 24.7. The van der Waals surface area contributed by atoms with Crippen LogP contribution < -0.4 is 11.0 Å². The second-order valence-corrected chi connectivity index (χ2v) is 10.9. The van der Waals surface area contributed by atoms with Crippen molar-refractivity contribution < 1.29 is 9.18 Å². The fourth-order valence-corrected chi connectivity index (χ4v) is 6.49. The molecule has 2 aromatic heterocycles. The number of hydrogen-bond acceptors (Lipinski definition) is 6. The van der Waals surface area contributed by atoms with Crippen molar-refractivity contribution in [1.82, 2.24) is 15.0 Å². The smallest absolute Gasteiger partial charge is 0.267 e. The van der Waals surface area contributed by atoms with Crippen molar-refractivity contribution >= 4 is 57.0 Å². The van der Waals surface area contributed by atoms with Gasteiger partial charge in [-0.15, -0.1) is 11.3 Å². The predicted octanol–water partition coefficient (Wildman–Crippen LogP) is 5.67. The van der Waals surface area contributed by atoms with Crippen molar-refractivity contribution in [3.8, 4) is 5.69 Å². The number of thiophene rings is 1. The van der Waals surface area contributed by atoms with Crippen LogP contribution in [0.15, 0.2) is 57.5 Å². The van der Waals surface area contributed by atoms with Gasteiger partial charge in [-0.05, 0) is 62.4 Å². The summed E-state index contributed by atoms with van der Waals surface area (Å²) in [5, 5.41) is 5.15. The number of thioether (sulfide) groups is 1. The second-order valence-electron chi connectivity index (χ2n) is 8.48. The zero-order valence-electron chi connectivity index (χ0n) is 19.4. The van der Waals surface area contributed by atoms with Gasteiger partial charge in [-0.1, -0.05) is 47.1 Å². The Morgan fingerprint density at radius 2 is 2.03 bits per heavy atom. The fourth-order valence-electron chi connectivity index (χ4n) is 4.17. The molecular formula is C26H22ClFN4O2S2. The maximum Gasteiger partial charge on any atom is 0.267 e. The van der Waals surface area contributed by atoms with Gasteiger partial charge >= 0.3 is 0 Å². The van der Waals surface area contributed by atoms with Gasteiger partial charge in [0.05, 0.1) is 28.1 Å². The summed E-state index contributed by atoms with van der Waals surface area (Å²) < 4.78 is 15.5. The van der Waals surface area contributed by atoms with Crippen LogP contribution >= 0.6 is 34.7 Å². The van der Waals surface area contributed by atoms with Gasteiger partial charge in [-0.3, -0.25) is 14.2 Å². The summed E-state index contributed by atoms with van der Waals surface area (Å²) in [5.41, 5.74) is 5.26. The van der Waals surface area contributed by atoms with Crippen molar-refractivity contribution in [1.29, 1.82) is 0 Å². The monoisotopic (exact) mass is 540 g/mol. The normalized spacial score (nSPS) is 13.3. The summed E-state index contributed by atoms with van der Waals surface area (Å²) in [6.07, 6.45) is 5.21. The first-order chi connectivity index (χ1) is 17.4. The summed E-state index contributed by atoms with van der Waals surface area (Å²) in [6.45, 7) is 1.98. The lowest BCUT2D eigenvalue weighted by Gasteiger charge is -2.13. The number of nitrogens with zero attached hydrogens (tertiary/aromatic N) is 3. The highest BCUT2D eigenvalue weighted by atomic mass is 35.5. The van der Waals surface area contributed by atoms with E-state index in [1.807, 2.05) is 31.2 Å². The maximum absolute atomic E-state index is 13.9. The molecule has 1 N–H and O–H groups in total. The molecule has 10 heteroatoms. The molecular weight excluding hydrogens is 519 g/mol. The van der Waals surface area contributed by atoms with Crippen molar-refractivity contribution in [2.24, 2.45) is 5.10 Å². The molecule has 2 aromatic carbocycles. The summed E-state index contributed by atoms with van der Waals surface area (Å²) in [4.78, 5) is 33.0. The number of nitrogens with one attached hydrogen (secondary N) is 1. The van der Waals surface area contributed by atoms with Crippen molar-refractivity contribution in [3.05, 3.63) is 85.2 Å². The number of hydrazone groups is 1. The average Bonchev–Trinajstić information content (AvgIpc) is 3.24. The average molecular weight is 541 g/mol. The lowest BCUT2D eigenvalue weighted by Crippen LogP contribution is -2.24. The van der Waals surface area contributed by atoms with E-state index in [1.165, 1.54) is 29.3 Å².